The third kappa shape index (κ3) is 4.51. The molecule has 0 aliphatic rings. The van der Waals surface area contributed by atoms with Gasteiger partial charge in [-0.15, -0.1) is 0 Å². The number of nitrogens with zero attached hydrogens (tertiary/aromatic N) is 1. The molecule has 0 amide bonds. The summed E-state index contributed by atoms with van der Waals surface area (Å²) < 4.78 is 32.4. The summed E-state index contributed by atoms with van der Waals surface area (Å²) in [5, 5.41) is 0.793. The number of benzene rings is 1. The quantitative estimate of drug-likeness (QED) is 0.252. The summed E-state index contributed by atoms with van der Waals surface area (Å²) >= 11 is 0. The van der Waals surface area contributed by atoms with Gasteiger partial charge >= 0.3 is 0 Å². The minimum Gasteiger partial charge on any atom is -0.395 e. The predicted molar refractivity (Wildman–Crippen MR) is 76.0 cm³/mol. The average Bonchev–Trinajstić information content (AvgIpc) is 2.46. The Bertz CT molecular complexity index is 501. The molecule has 4 N–H and O–H groups in total. The third-order valence-corrected chi connectivity index (χ3v) is 2.94. The molecule has 7 heteroatoms. The molecule has 5 nitrogen and oxygen atoms in total. The fourth-order valence-corrected chi connectivity index (χ4v) is 1.86. The molecule has 0 aromatic heterocycles. The van der Waals surface area contributed by atoms with Gasteiger partial charge in [-0.25, -0.2) is 14.6 Å². The molecule has 0 heterocycles. The number of carbonyl (C=O) groups excluding carboxylic acids is 1. The number of rotatable bonds is 8. The largest absolute Gasteiger partial charge is 0.395 e. The molecule has 0 saturated heterocycles. The first-order valence-electron chi connectivity index (χ1n) is 6.44. The van der Waals surface area contributed by atoms with E-state index in [9.17, 15) is 13.6 Å². The van der Waals surface area contributed by atoms with Crippen molar-refractivity contribution < 1.29 is 18.3 Å². The number of nitrogens with two attached hydrogens (primary N) is 2. The van der Waals surface area contributed by atoms with Gasteiger partial charge in [0, 0.05) is 13.7 Å². The molecule has 0 radical (unpaired) electrons. The monoisotopic (exact) mass is 299 g/mol. The second-order valence-corrected chi connectivity index (χ2v) is 4.41. The highest BCUT2D eigenvalue weighted by molar-refractivity contribution is 5.75. The number of hydrazine groups is 1. The normalized spacial score (nSPS) is 12.0. The first kappa shape index (κ1) is 17.1. The second-order valence-electron chi connectivity index (χ2n) is 4.41. The van der Waals surface area contributed by atoms with Gasteiger partial charge in [0.2, 0.25) is 0 Å². The number of para-hydroxylation sites is 1. The van der Waals surface area contributed by atoms with E-state index in [0.29, 0.717) is 32.2 Å². The number of ether oxygens (including phenoxy) is 1. The molecule has 1 aromatic rings. The Morgan fingerprint density at radius 2 is 1.95 bits per heavy atom. The topological polar surface area (TPSA) is 81.6 Å². The van der Waals surface area contributed by atoms with Crippen molar-refractivity contribution in [2.75, 3.05) is 18.7 Å². The molecule has 0 fully saturated rings. The lowest BCUT2D eigenvalue weighted by Gasteiger charge is -2.24. The van der Waals surface area contributed by atoms with E-state index in [1.807, 2.05) is 0 Å². The Hall–Kier alpha value is -1.99. The zero-order valence-corrected chi connectivity index (χ0v) is 11.8. The minimum absolute atomic E-state index is 0.155. The number of aldehydes is 1. The smallest absolute Gasteiger partial charge is 0.167 e. The lowest BCUT2D eigenvalue weighted by molar-refractivity contribution is -0.105. The van der Waals surface area contributed by atoms with Gasteiger partial charge in [-0.1, -0.05) is 6.07 Å². The summed E-state index contributed by atoms with van der Waals surface area (Å²) in [5.74, 6) is 4.10. The number of hydrogen-bond donors (Lipinski definition) is 2. The molecule has 0 aliphatic carbocycles. The first-order valence-corrected chi connectivity index (χ1v) is 6.44. The highest BCUT2D eigenvalue weighted by Gasteiger charge is 2.19. The maximum atomic E-state index is 13.7. The molecule has 0 unspecified atom stereocenters. The van der Waals surface area contributed by atoms with E-state index in [2.05, 4.69) is 0 Å². The van der Waals surface area contributed by atoms with Gasteiger partial charge in [0.05, 0.1) is 11.4 Å². The van der Waals surface area contributed by atoms with Crippen LogP contribution in [0.15, 0.2) is 29.6 Å². The van der Waals surface area contributed by atoms with Gasteiger partial charge in [-0.05, 0) is 31.4 Å². The van der Waals surface area contributed by atoms with E-state index in [0.717, 1.165) is 17.1 Å². The van der Waals surface area contributed by atoms with Crippen LogP contribution in [0, 0.1) is 11.6 Å². The molecule has 21 heavy (non-hydrogen) atoms. The Morgan fingerprint density at radius 1 is 1.33 bits per heavy atom. The summed E-state index contributed by atoms with van der Waals surface area (Å²) in [6, 6.07) is 3.39. The summed E-state index contributed by atoms with van der Waals surface area (Å²) in [6.45, 7) is 0.535. The van der Waals surface area contributed by atoms with Crippen molar-refractivity contribution in [3.05, 3.63) is 41.2 Å². The van der Waals surface area contributed by atoms with Crippen LogP contribution in [-0.2, 0) is 9.53 Å². The number of methoxy groups -OCH3 is 1. The zero-order chi connectivity index (χ0) is 15.8. The van der Waals surface area contributed by atoms with Crippen molar-refractivity contribution in [1.82, 2.24) is 0 Å². The number of carbonyl (C=O) groups is 1. The van der Waals surface area contributed by atoms with Crippen molar-refractivity contribution in [2.45, 2.75) is 19.3 Å². The molecular formula is C14H19F2N3O2. The van der Waals surface area contributed by atoms with Crippen LogP contribution in [0.2, 0.25) is 0 Å². The van der Waals surface area contributed by atoms with Crippen LogP contribution in [0.3, 0.4) is 0 Å². The molecule has 0 atom stereocenters. The van der Waals surface area contributed by atoms with Crippen molar-refractivity contribution in [3.63, 3.8) is 0 Å². The lowest BCUT2D eigenvalue weighted by atomic mass is 10.1. The van der Waals surface area contributed by atoms with Gasteiger partial charge in [0.1, 0.15) is 5.69 Å². The third-order valence-electron chi connectivity index (χ3n) is 2.94. The zero-order valence-electron chi connectivity index (χ0n) is 11.8. The molecule has 1 rings (SSSR count). The number of halogens is 2. The lowest BCUT2D eigenvalue weighted by Crippen LogP contribution is -2.34. The van der Waals surface area contributed by atoms with Gasteiger partial charge in [-0.3, -0.25) is 9.80 Å². The highest BCUT2D eigenvalue weighted by atomic mass is 19.1. The van der Waals surface area contributed by atoms with Crippen LogP contribution in [0.1, 0.15) is 19.3 Å². The Kier molecular flexibility index (Phi) is 6.77. The second kappa shape index (κ2) is 8.33. The van der Waals surface area contributed by atoms with E-state index >= 15 is 0 Å². The maximum Gasteiger partial charge on any atom is 0.167 e. The minimum atomic E-state index is -0.828. The van der Waals surface area contributed by atoms with Crippen molar-refractivity contribution in [1.29, 1.82) is 0 Å². The van der Waals surface area contributed by atoms with Crippen LogP contribution >= 0.6 is 0 Å². The van der Waals surface area contributed by atoms with Crippen LogP contribution in [0.25, 0.3) is 0 Å². The Balaban J connectivity index is 3.01. The first-order chi connectivity index (χ1) is 10.0. The number of anilines is 1. The standard InChI is InChI=1S/C14H19F2N3O2/c1-21-8-3-2-7-13(12(17)9-20)19(18)14-10(15)5-4-6-11(14)16/h4-6,9H,2-3,7-8,17-18H2,1H3/b13-12-. The number of hydrogen-bond acceptors (Lipinski definition) is 5. The summed E-state index contributed by atoms with van der Waals surface area (Å²) in [7, 11) is 1.57. The molecule has 0 saturated carbocycles. The fraction of sp³-hybridized carbons (Fsp3) is 0.357. The molecule has 0 aliphatic heterocycles. The van der Waals surface area contributed by atoms with Gasteiger partial charge in [0.25, 0.3) is 0 Å². The van der Waals surface area contributed by atoms with Gasteiger partial charge < -0.3 is 10.5 Å². The van der Waals surface area contributed by atoms with E-state index in [1.54, 1.807) is 7.11 Å². The maximum absolute atomic E-state index is 13.7. The molecule has 116 valence electrons. The average molecular weight is 299 g/mol. The van der Waals surface area contributed by atoms with E-state index < -0.39 is 17.3 Å². The van der Waals surface area contributed by atoms with Crippen LogP contribution in [0.5, 0.6) is 0 Å². The van der Waals surface area contributed by atoms with E-state index in [4.69, 9.17) is 16.3 Å². The van der Waals surface area contributed by atoms with Gasteiger partial charge in [0.15, 0.2) is 17.9 Å². The SMILES string of the molecule is COCCCC/C(=C(/N)C=O)N(N)c1c(F)cccc1F. The summed E-state index contributed by atoms with van der Waals surface area (Å²) in [4.78, 5) is 10.9. The molecular weight excluding hydrogens is 280 g/mol. The van der Waals surface area contributed by atoms with Crippen molar-refractivity contribution in [3.8, 4) is 0 Å². The van der Waals surface area contributed by atoms with Crippen LogP contribution in [0.4, 0.5) is 14.5 Å². The van der Waals surface area contributed by atoms with Gasteiger partial charge in [-0.2, -0.15) is 0 Å². The van der Waals surface area contributed by atoms with E-state index in [-0.39, 0.29) is 11.4 Å². The number of unbranched alkanes of at least 4 members (excludes halogenated alkanes) is 1. The molecule has 0 bridgehead atoms. The van der Waals surface area contributed by atoms with Crippen molar-refractivity contribution >= 4 is 12.0 Å². The fourth-order valence-electron chi connectivity index (χ4n) is 1.86. The van der Waals surface area contributed by atoms with Crippen LogP contribution < -0.4 is 16.6 Å². The summed E-state index contributed by atoms with van der Waals surface area (Å²) in [5.41, 5.74) is 5.16. The van der Waals surface area contributed by atoms with Crippen LogP contribution in [-0.4, -0.2) is 20.0 Å². The highest BCUT2D eigenvalue weighted by Crippen LogP contribution is 2.26. The van der Waals surface area contributed by atoms with Crippen molar-refractivity contribution in [2.24, 2.45) is 11.6 Å². The summed E-state index contributed by atoms with van der Waals surface area (Å²) in [6.07, 6.45) is 2.03. The molecule has 1 aromatic carbocycles. The Morgan fingerprint density at radius 3 is 2.48 bits per heavy atom. The predicted octanol–water partition coefficient (Wildman–Crippen LogP) is 1.83. The number of allylic oxidation sites excluding steroid dienone is 2. The molecule has 0 spiro atoms. The van der Waals surface area contributed by atoms with E-state index in [1.165, 1.54) is 6.07 Å². The Labute approximate surface area is 122 Å².